The van der Waals surface area contributed by atoms with Crippen LogP contribution in [0.2, 0.25) is 0 Å². The van der Waals surface area contributed by atoms with Crippen LogP contribution in [-0.2, 0) is 11.2 Å². The first-order valence-electron chi connectivity index (χ1n) is 5.35. The summed E-state index contributed by atoms with van der Waals surface area (Å²) in [5, 5.41) is 0.501. The van der Waals surface area contributed by atoms with Crippen molar-refractivity contribution in [2.75, 3.05) is 18.5 Å². The van der Waals surface area contributed by atoms with Crippen LogP contribution in [0.4, 0.5) is 17.6 Å². The lowest BCUT2D eigenvalue weighted by Crippen LogP contribution is -2.22. The molecule has 102 valence electrons. The summed E-state index contributed by atoms with van der Waals surface area (Å²) in [6.45, 7) is -1.26. The SMILES string of the molecule is Fc1cccc(CC(CBr)COCC(F)(F)F)c1. The highest BCUT2D eigenvalue weighted by Gasteiger charge is 2.27. The number of hydrogen-bond acceptors (Lipinski definition) is 1. The van der Waals surface area contributed by atoms with Gasteiger partial charge in [-0.25, -0.2) is 4.39 Å². The van der Waals surface area contributed by atoms with Crippen molar-refractivity contribution >= 4 is 15.9 Å². The molecule has 6 heteroatoms. The van der Waals surface area contributed by atoms with Crippen molar-refractivity contribution in [3.05, 3.63) is 35.6 Å². The zero-order chi connectivity index (χ0) is 13.6. The standard InChI is InChI=1S/C12H13BrF4O/c13-6-10(7-18-8-12(15,16)17)4-9-2-1-3-11(14)5-9/h1-3,5,10H,4,6-8H2. The molecule has 0 aliphatic carbocycles. The van der Waals surface area contributed by atoms with Crippen LogP contribution in [0.1, 0.15) is 5.56 Å². The summed E-state index contributed by atoms with van der Waals surface area (Å²) < 4.78 is 53.3. The summed E-state index contributed by atoms with van der Waals surface area (Å²) in [7, 11) is 0. The van der Waals surface area contributed by atoms with E-state index in [1.807, 2.05) is 0 Å². The fraction of sp³-hybridized carbons (Fsp3) is 0.500. The van der Waals surface area contributed by atoms with Gasteiger partial charge in [0.1, 0.15) is 12.4 Å². The summed E-state index contributed by atoms with van der Waals surface area (Å²) in [6.07, 6.45) is -3.84. The molecule has 18 heavy (non-hydrogen) atoms. The van der Waals surface area contributed by atoms with Gasteiger partial charge in [-0.15, -0.1) is 0 Å². The van der Waals surface area contributed by atoms with Crippen LogP contribution in [0, 0.1) is 11.7 Å². The largest absolute Gasteiger partial charge is 0.411 e. The van der Waals surface area contributed by atoms with Gasteiger partial charge in [0.2, 0.25) is 0 Å². The minimum absolute atomic E-state index is 0.0126. The maximum atomic E-state index is 12.9. The highest BCUT2D eigenvalue weighted by Crippen LogP contribution is 2.17. The van der Waals surface area contributed by atoms with Crippen LogP contribution < -0.4 is 0 Å². The average molecular weight is 329 g/mol. The van der Waals surface area contributed by atoms with E-state index in [0.29, 0.717) is 11.8 Å². The van der Waals surface area contributed by atoms with Crippen molar-refractivity contribution in [3.63, 3.8) is 0 Å². The number of rotatable bonds is 6. The molecular weight excluding hydrogens is 316 g/mol. The molecule has 1 unspecified atom stereocenters. The van der Waals surface area contributed by atoms with Crippen LogP contribution in [0.3, 0.4) is 0 Å². The summed E-state index contributed by atoms with van der Waals surface area (Å²) in [5.74, 6) is -0.466. The monoisotopic (exact) mass is 328 g/mol. The van der Waals surface area contributed by atoms with Gasteiger partial charge in [0, 0.05) is 5.33 Å². The highest BCUT2D eigenvalue weighted by atomic mass is 79.9. The Kier molecular flexibility index (Phi) is 6.08. The molecule has 0 aromatic heterocycles. The molecule has 0 aliphatic rings. The molecule has 0 bridgehead atoms. The Balaban J connectivity index is 2.42. The van der Waals surface area contributed by atoms with Gasteiger partial charge in [0.15, 0.2) is 0 Å². The van der Waals surface area contributed by atoms with Crippen molar-refractivity contribution < 1.29 is 22.3 Å². The first-order valence-corrected chi connectivity index (χ1v) is 6.48. The minimum atomic E-state index is -4.31. The number of hydrogen-bond donors (Lipinski definition) is 0. The van der Waals surface area contributed by atoms with E-state index in [9.17, 15) is 17.6 Å². The Morgan fingerprint density at radius 3 is 2.56 bits per heavy atom. The second-order valence-electron chi connectivity index (χ2n) is 3.98. The molecule has 1 atom stereocenters. The third-order valence-electron chi connectivity index (χ3n) is 2.25. The van der Waals surface area contributed by atoms with Gasteiger partial charge in [0.05, 0.1) is 6.61 Å². The Bertz CT molecular complexity index is 367. The fourth-order valence-electron chi connectivity index (χ4n) is 1.50. The molecule has 0 spiro atoms. The quantitative estimate of drug-likeness (QED) is 0.567. The summed E-state index contributed by atoms with van der Waals surface area (Å²) in [6, 6.07) is 6.02. The zero-order valence-corrected chi connectivity index (χ0v) is 11.1. The second kappa shape index (κ2) is 7.09. The number of ether oxygens (including phenoxy) is 1. The molecular formula is C12H13BrF4O. The van der Waals surface area contributed by atoms with E-state index in [1.165, 1.54) is 12.1 Å². The van der Waals surface area contributed by atoms with E-state index in [1.54, 1.807) is 12.1 Å². The third-order valence-corrected chi connectivity index (χ3v) is 3.17. The molecule has 0 aliphatic heterocycles. The van der Waals surface area contributed by atoms with Crippen molar-refractivity contribution in [3.8, 4) is 0 Å². The molecule has 0 radical (unpaired) electrons. The van der Waals surface area contributed by atoms with Gasteiger partial charge < -0.3 is 4.74 Å². The first kappa shape index (κ1) is 15.4. The number of benzene rings is 1. The lowest BCUT2D eigenvalue weighted by molar-refractivity contribution is -0.176. The van der Waals surface area contributed by atoms with E-state index < -0.39 is 12.8 Å². The molecule has 0 heterocycles. The van der Waals surface area contributed by atoms with Crippen LogP contribution in [0.5, 0.6) is 0 Å². The summed E-state index contributed by atoms with van der Waals surface area (Å²) >= 11 is 3.22. The number of halogens is 5. The molecule has 0 saturated heterocycles. The van der Waals surface area contributed by atoms with Gasteiger partial charge in [-0.1, -0.05) is 28.1 Å². The van der Waals surface area contributed by atoms with Gasteiger partial charge in [-0.3, -0.25) is 0 Å². The Hall–Kier alpha value is -0.620. The first-order chi connectivity index (χ1) is 8.40. The zero-order valence-electron chi connectivity index (χ0n) is 9.51. The van der Waals surface area contributed by atoms with E-state index in [2.05, 4.69) is 20.7 Å². The summed E-state index contributed by atoms with van der Waals surface area (Å²) in [4.78, 5) is 0. The minimum Gasteiger partial charge on any atom is -0.372 e. The van der Waals surface area contributed by atoms with Gasteiger partial charge in [0.25, 0.3) is 0 Å². The van der Waals surface area contributed by atoms with Crippen molar-refractivity contribution in [1.82, 2.24) is 0 Å². The third kappa shape index (κ3) is 6.35. The summed E-state index contributed by atoms with van der Waals surface area (Å²) in [5.41, 5.74) is 0.745. The Labute approximate surface area is 111 Å². The molecule has 0 amide bonds. The van der Waals surface area contributed by atoms with Gasteiger partial charge >= 0.3 is 6.18 Å². The number of alkyl halides is 4. The molecule has 1 aromatic carbocycles. The van der Waals surface area contributed by atoms with Crippen molar-refractivity contribution in [2.24, 2.45) is 5.92 Å². The molecule has 0 fully saturated rings. The smallest absolute Gasteiger partial charge is 0.372 e. The highest BCUT2D eigenvalue weighted by molar-refractivity contribution is 9.09. The van der Waals surface area contributed by atoms with Crippen molar-refractivity contribution in [2.45, 2.75) is 12.6 Å². The van der Waals surface area contributed by atoms with Gasteiger partial charge in [-0.2, -0.15) is 13.2 Å². The Morgan fingerprint density at radius 1 is 1.28 bits per heavy atom. The van der Waals surface area contributed by atoms with Crippen LogP contribution in [0.15, 0.2) is 24.3 Å². The van der Waals surface area contributed by atoms with E-state index in [4.69, 9.17) is 0 Å². The normalized spacial score (nSPS) is 13.6. The Morgan fingerprint density at radius 2 is 2.00 bits per heavy atom. The van der Waals surface area contributed by atoms with Gasteiger partial charge in [-0.05, 0) is 30.0 Å². The molecule has 1 rings (SSSR count). The lowest BCUT2D eigenvalue weighted by Gasteiger charge is -2.15. The average Bonchev–Trinajstić information content (AvgIpc) is 2.26. The van der Waals surface area contributed by atoms with Crippen LogP contribution in [0.25, 0.3) is 0 Å². The predicted octanol–water partition coefficient (Wildman–Crippen LogP) is 3.96. The molecule has 1 aromatic rings. The lowest BCUT2D eigenvalue weighted by atomic mass is 10.0. The van der Waals surface area contributed by atoms with E-state index in [-0.39, 0.29) is 18.3 Å². The molecule has 0 N–H and O–H groups in total. The maximum absolute atomic E-state index is 12.9. The van der Waals surface area contributed by atoms with Crippen molar-refractivity contribution in [1.29, 1.82) is 0 Å². The topological polar surface area (TPSA) is 9.23 Å². The predicted molar refractivity (Wildman–Crippen MR) is 64.3 cm³/mol. The second-order valence-corrected chi connectivity index (χ2v) is 4.63. The van der Waals surface area contributed by atoms with Crippen LogP contribution >= 0.6 is 15.9 Å². The van der Waals surface area contributed by atoms with E-state index in [0.717, 1.165) is 5.56 Å². The maximum Gasteiger partial charge on any atom is 0.411 e. The molecule has 1 nitrogen and oxygen atoms in total. The van der Waals surface area contributed by atoms with E-state index >= 15 is 0 Å². The molecule has 0 saturated carbocycles. The fourth-order valence-corrected chi connectivity index (χ4v) is 1.91. The van der Waals surface area contributed by atoms with Crippen LogP contribution in [-0.4, -0.2) is 24.7 Å².